The molecule has 3 heterocycles. The molecule has 2 aromatic heterocycles. The van der Waals surface area contributed by atoms with Crippen LogP contribution in [0.2, 0.25) is 0 Å². The maximum absolute atomic E-state index is 5.47. The van der Waals surface area contributed by atoms with Crippen molar-refractivity contribution in [3.63, 3.8) is 0 Å². The molecule has 0 N–H and O–H groups in total. The second-order valence-electron chi connectivity index (χ2n) is 4.07. The first kappa shape index (κ1) is 9.96. The van der Waals surface area contributed by atoms with Crippen LogP contribution < -0.4 is 4.90 Å². The van der Waals surface area contributed by atoms with Crippen LogP contribution in [0.25, 0.3) is 0 Å². The van der Waals surface area contributed by atoms with Crippen molar-refractivity contribution < 1.29 is 8.83 Å². The summed E-state index contributed by atoms with van der Waals surface area (Å²) in [6.07, 6.45) is 3.45. The molecule has 4 nitrogen and oxygen atoms in total. The van der Waals surface area contributed by atoms with Gasteiger partial charge in [0.1, 0.15) is 6.26 Å². The van der Waals surface area contributed by atoms with Crippen molar-refractivity contribution in [1.82, 2.24) is 4.98 Å². The van der Waals surface area contributed by atoms with Crippen LogP contribution in [0, 0.1) is 6.92 Å². The molecule has 0 amide bonds. The maximum Gasteiger partial charge on any atom is 0.203 e. The molecule has 0 radical (unpaired) electrons. The summed E-state index contributed by atoms with van der Waals surface area (Å²) in [6.45, 7) is 2.80. The molecule has 0 aromatic carbocycles. The number of rotatable bonds is 1. The molecular weight excluding hydrogens is 272 g/mol. The minimum Gasteiger partial charge on any atom is -0.455 e. The molecule has 0 saturated carbocycles. The van der Waals surface area contributed by atoms with Gasteiger partial charge in [-0.15, -0.1) is 0 Å². The molecule has 1 atom stereocenters. The lowest BCUT2D eigenvalue weighted by Gasteiger charge is -2.11. The van der Waals surface area contributed by atoms with E-state index in [1.807, 2.05) is 14.0 Å². The minimum atomic E-state index is 0.170. The number of halogens is 1. The first-order valence-electron chi connectivity index (χ1n) is 5.07. The zero-order valence-electron chi connectivity index (χ0n) is 9.03. The summed E-state index contributed by atoms with van der Waals surface area (Å²) >= 11 is 3.40. The van der Waals surface area contributed by atoms with E-state index < -0.39 is 0 Å². The van der Waals surface area contributed by atoms with E-state index in [-0.39, 0.29) is 5.92 Å². The van der Waals surface area contributed by atoms with Gasteiger partial charge in [0, 0.05) is 19.2 Å². The summed E-state index contributed by atoms with van der Waals surface area (Å²) in [5.41, 5.74) is 3.14. The summed E-state index contributed by atoms with van der Waals surface area (Å²) in [6, 6.07) is 0. The molecule has 0 fully saturated rings. The normalized spacial score (nSPS) is 19.2. The van der Waals surface area contributed by atoms with Gasteiger partial charge >= 0.3 is 0 Å². The number of nitrogens with zero attached hydrogens (tertiary/aromatic N) is 2. The van der Waals surface area contributed by atoms with E-state index in [1.165, 1.54) is 0 Å². The Hall–Kier alpha value is -1.23. The van der Waals surface area contributed by atoms with Crippen LogP contribution in [0.3, 0.4) is 0 Å². The second-order valence-corrected chi connectivity index (χ2v) is 4.79. The summed E-state index contributed by atoms with van der Waals surface area (Å²) in [5.74, 6) is 0.931. The van der Waals surface area contributed by atoms with Gasteiger partial charge in [0.2, 0.25) is 5.89 Å². The summed E-state index contributed by atoms with van der Waals surface area (Å²) in [5, 5.41) is 0. The van der Waals surface area contributed by atoms with E-state index in [4.69, 9.17) is 8.83 Å². The largest absolute Gasteiger partial charge is 0.455 e. The van der Waals surface area contributed by atoms with Crippen LogP contribution >= 0.6 is 15.9 Å². The zero-order chi connectivity index (χ0) is 11.3. The molecule has 1 aliphatic rings. The third-order valence-corrected chi connectivity index (χ3v) is 3.46. The van der Waals surface area contributed by atoms with Gasteiger partial charge in [0.05, 0.1) is 23.6 Å². The van der Waals surface area contributed by atoms with Crippen LogP contribution in [-0.4, -0.2) is 18.6 Å². The fourth-order valence-electron chi connectivity index (χ4n) is 2.16. The number of anilines is 1. The predicted molar refractivity (Wildman–Crippen MR) is 62.8 cm³/mol. The lowest BCUT2D eigenvalue weighted by Crippen LogP contribution is -2.16. The highest BCUT2D eigenvalue weighted by Gasteiger charge is 2.34. The number of aromatic nitrogens is 1. The minimum absolute atomic E-state index is 0.170. The Bertz CT molecular complexity index is 532. The molecule has 16 heavy (non-hydrogen) atoms. The van der Waals surface area contributed by atoms with Crippen LogP contribution in [0.4, 0.5) is 5.69 Å². The molecule has 84 valence electrons. The molecule has 0 saturated heterocycles. The molecule has 2 aromatic rings. The van der Waals surface area contributed by atoms with E-state index in [0.717, 1.165) is 34.0 Å². The molecule has 1 unspecified atom stereocenters. The first-order chi connectivity index (χ1) is 7.66. The average Bonchev–Trinajstić information content (AvgIpc) is 2.87. The summed E-state index contributed by atoms with van der Waals surface area (Å²) < 4.78 is 11.6. The third kappa shape index (κ3) is 1.31. The molecular formula is C11H11BrN2O2. The Balaban J connectivity index is 2.06. The van der Waals surface area contributed by atoms with E-state index in [2.05, 4.69) is 25.8 Å². The van der Waals surface area contributed by atoms with Crippen molar-refractivity contribution in [3.05, 3.63) is 34.3 Å². The molecule has 1 aliphatic heterocycles. The highest BCUT2D eigenvalue weighted by molar-refractivity contribution is 9.10. The number of oxazole rings is 1. The lowest BCUT2D eigenvalue weighted by molar-refractivity contribution is 0.469. The van der Waals surface area contributed by atoms with Crippen LogP contribution in [-0.2, 0) is 0 Å². The Morgan fingerprint density at radius 1 is 1.44 bits per heavy atom. The lowest BCUT2D eigenvalue weighted by atomic mass is 10.1. The van der Waals surface area contributed by atoms with Crippen molar-refractivity contribution in [2.24, 2.45) is 0 Å². The third-order valence-electron chi connectivity index (χ3n) is 2.90. The van der Waals surface area contributed by atoms with Crippen molar-refractivity contribution in [1.29, 1.82) is 0 Å². The fraction of sp³-hybridized carbons (Fsp3) is 0.364. The van der Waals surface area contributed by atoms with Gasteiger partial charge in [-0.25, -0.2) is 4.98 Å². The van der Waals surface area contributed by atoms with E-state index in [0.29, 0.717) is 0 Å². The van der Waals surface area contributed by atoms with Crippen LogP contribution in [0.15, 0.2) is 26.0 Å². The van der Waals surface area contributed by atoms with Gasteiger partial charge in [0.25, 0.3) is 0 Å². The number of hydrogen-bond donors (Lipinski definition) is 0. The second kappa shape index (κ2) is 3.38. The Morgan fingerprint density at radius 2 is 2.25 bits per heavy atom. The van der Waals surface area contributed by atoms with Gasteiger partial charge in [-0.1, -0.05) is 0 Å². The maximum atomic E-state index is 5.47. The fourth-order valence-corrected chi connectivity index (χ4v) is 2.79. The number of likely N-dealkylation sites (N-methyl/N-ethyl adjacent to an activating group) is 1. The summed E-state index contributed by atoms with van der Waals surface area (Å²) in [4.78, 5) is 6.53. The van der Waals surface area contributed by atoms with Crippen molar-refractivity contribution in [3.8, 4) is 0 Å². The molecule has 5 heteroatoms. The van der Waals surface area contributed by atoms with Crippen LogP contribution in [0.1, 0.15) is 23.1 Å². The Labute approximate surface area is 101 Å². The van der Waals surface area contributed by atoms with Gasteiger partial charge < -0.3 is 13.7 Å². The van der Waals surface area contributed by atoms with Crippen LogP contribution in [0.5, 0.6) is 0 Å². The number of aryl methyl sites for hydroxylation is 1. The topological polar surface area (TPSA) is 42.4 Å². The number of hydrogen-bond acceptors (Lipinski definition) is 4. The van der Waals surface area contributed by atoms with Gasteiger partial charge in [0.15, 0.2) is 4.67 Å². The van der Waals surface area contributed by atoms with Crippen molar-refractivity contribution in [2.45, 2.75) is 12.8 Å². The van der Waals surface area contributed by atoms with E-state index >= 15 is 0 Å². The average molecular weight is 283 g/mol. The quantitative estimate of drug-likeness (QED) is 0.807. The van der Waals surface area contributed by atoms with E-state index in [1.54, 1.807) is 12.5 Å². The highest BCUT2D eigenvalue weighted by atomic mass is 79.9. The van der Waals surface area contributed by atoms with Gasteiger partial charge in [-0.2, -0.15) is 0 Å². The molecule has 0 spiro atoms. The Morgan fingerprint density at radius 3 is 2.94 bits per heavy atom. The van der Waals surface area contributed by atoms with Gasteiger partial charge in [-0.05, 0) is 22.9 Å². The Kier molecular flexibility index (Phi) is 2.10. The smallest absolute Gasteiger partial charge is 0.203 e. The number of fused-ring (bicyclic) bond motifs is 1. The number of furan rings is 1. The first-order valence-corrected chi connectivity index (χ1v) is 5.86. The van der Waals surface area contributed by atoms with Gasteiger partial charge in [-0.3, -0.25) is 0 Å². The molecule has 0 aliphatic carbocycles. The monoisotopic (exact) mass is 282 g/mol. The van der Waals surface area contributed by atoms with Crippen molar-refractivity contribution in [2.75, 3.05) is 18.5 Å². The standard InChI is InChI=1S/C11H11BrN2O2/c1-6-4-16-11(13-6)7-3-14(2)9-8(7)5-15-10(9)12/h4-5,7H,3H2,1-2H3. The van der Waals surface area contributed by atoms with E-state index in [9.17, 15) is 0 Å². The SMILES string of the molecule is Cc1coc(C2CN(C)c3c2coc3Br)n1. The van der Waals surface area contributed by atoms with Crippen molar-refractivity contribution >= 4 is 21.6 Å². The highest BCUT2D eigenvalue weighted by Crippen LogP contribution is 2.44. The summed E-state index contributed by atoms with van der Waals surface area (Å²) in [7, 11) is 2.04. The molecule has 3 rings (SSSR count). The predicted octanol–water partition coefficient (Wildman–Crippen LogP) is 2.92. The molecule has 0 bridgehead atoms. The zero-order valence-corrected chi connectivity index (χ0v) is 10.6.